The summed E-state index contributed by atoms with van der Waals surface area (Å²) >= 11 is 0. The third-order valence-corrected chi connectivity index (χ3v) is 6.07. The zero-order valence-corrected chi connectivity index (χ0v) is 17.6. The maximum Gasteiger partial charge on any atom is 0.335 e. The van der Waals surface area contributed by atoms with Crippen LogP contribution in [-0.4, -0.2) is 36.4 Å². The van der Waals surface area contributed by atoms with Crippen LogP contribution in [0.3, 0.4) is 0 Å². The van der Waals surface area contributed by atoms with Crippen LogP contribution in [0.1, 0.15) is 55.2 Å². The van der Waals surface area contributed by atoms with Gasteiger partial charge in [0, 0.05) is 24.5 Å². The minimum absolute atomic E-state index is 0.0473. The van der Waals surface area contributed by atoms with Crippen LogP contribution in [-0.2, 0) is 11.2 Å². The lowest BCUT2D eigenvalue weighted by atomic mass is 9.72. The number of hydrogen-bond donors (Lipinski definition) is 2. The van der Waals surface area contributed by atoms with Gasteiger partial charge in [0.25, 0.3) is 0 Å². The number of ether oxygens (including phenoxy) is 1. The van der Waals surface area contributed by atoms with Crippen LogP contribution in [0.4, 0.5) is 11.4 Å². The van der Waals surface area contributed by atoms with Gasteiger partial charge < -0.3 is 20.1 Å². The molecular formula is C24H30N2O3. The summed E-state index contributed by atoms with van der Waals surface area (Å²) in [5.74, 6) is -0.880. The second-order valence-corrected chi connectivity index (χ2v) is 9.18. The van der Waals surface area contributed by atoms with Crippen LogP contribution in [0, 0.1) is 5.41 Å². The fraction of sp³-hybridized carbons (Fsp3) is 0.458. The van der Waals surface area contributed by atoms with Crippen LogP contribution >= 0.6 is 0 Å². The molecule has 1 saturated heterocycles. The fourth-order valence-corrected chi connectivity index (χ4v) is 4.78. The molecule has 29 heavy (non-hydrogen) atoms. The molecule has 0 bridgehead atoms. The largest absolute Gasteiger partial charge is 0.478 e. The minimum atomic E-state index is -0.880. The number of nitrogens with zero attached hydrogens (tertiary/aromatic N) is 1. The van der Waals surface area contributed by atoms with Gasteiger partial charge in [-0.2, -0.15) is 0 Å². The van der Waals surface area contributed by atoms with Crippen molar-refractivity contribution in [1.82, 2.24) is 0 Å². The summed E-state index contributed by atoms with van der Waals surface area (Å²) in [6.07, 6.45) is 1.28. The standard InChI is InChI=1S/C24H30N2O3/c1-15-13-26(14-16(2)29-15)20-7-5-6-17(11-20)22-24(3,4)12-19-10-18(23(27)28)8-9-21(19)25-22/h5-11,15-16,22,25H,12-14H2,1-4H3,(H,27,28). The summed E-state index contributed by atoms with van der Waals surface area (Å²) in [6, 6.07) is 14.3. The highest BCUT2D eigenvalue weighted by molar-refractivity contribution is 5.88. The Morgan fingerprint density at radius 1 is 1.14 bits per heavy atom. The number of carboxylic acid groups (broad SMARTS) is 1. The Bertz CT molecular complexity index is 914. The predicted octanol–water partition coefficient (Wildman–Crippen LogP) is 4.73. The van der Waals surface area contributed by atoms with Gasteiger partial charge in [0.1, 0.15) is 0 Å². The summed E-state index contributed by atoms with van der Waals surface area (Å²) in [6.45, 7) is 10.5. The summed E-state index contributed by atoms with van der Waals surface area (Å²) < 4.78 is 5.89. The lowest BCUT2D eigenvalue weighted by Gasteiger charge is -2.42. The zero-order valence-electron chi connectivity index (χ0n) is 17.6. The van der Waals surface area contributed by atoms with Gasteiger partial charge in [-0.15, -0.1) is 0 Å². The van der Waals surface area contributed by atoms with E-state index in [2.05, 4.69) is 62.2 Å². The topological polar surface area (TPSA) is 61.8 Å². The van der Waals surface area contributed by atoms with Crippen molar-refractivity contribution >= 4 is 17.3 Å². The molecule has 0 spiro atoms. The maximum absolute atomic E-state index is 11.3. The van der Waals surface area contributed by atoms with Crippen molar-refractivity contribution in [2.24, 2.45) is 5.41 Å². The van der Waals surface area contributed by atoms with E-state index in [0.717, 1.165) is 30.8 Å². The van der Waals surface area contributed by atoms with Gasteiger partial charge in [0.05, 0.1) is 23.8 Å². The van der Waals surface area contributed by atoms with Crippen LogP contribution in [0.5, 0.6) is 0 Å². The molecule has 4 rings (SSSR count). The minimum Gasteiger partial charge on any atom is -0.478 e. The number of rotatable bonds is 3. The molecule has 2 aliphatic rings. The summed E-state index contributed by atoms with van der Waals surface area (Å²) in [5.41, 5.74) is 4.88. The highest BCUT2D eigenvalue weighted by Crippen LogP contribution is 2.45. The first-order valence-electron chi connectivity index (χ1n) is 10.4. The molecule has 0 aliphatic carbocycles. The number of aromatic carboxylic acids is 1. The van der Waals surface area contributed by atoms with Crippen LogP contribution in [0.2, 0.25) is 0 Å². The Morgan fingerprint density at radius 2 is 1.86 bits per heavy atom. The molecule has 5 nitrogen and oxygen atoms in total. The number of benzene rings is 2. The van der Waals surface area contributed by atoms with E-state index in [1.54, 1.807) is 12.1 Å². The van der Waals surface area contributed by atoms with E-state index in [4.69, 9.17) is 4.74 Å². The first-order chi connectivity index (χ1) is 13.7. The molecule has 154 valence electrons. The van der Waals surface area contributed by atoms with E-state index in [9.17, 15) is 9.90 Å². The molecule has 3 unspecified atom stereocenters. The summed E-state index contributed by atoms with van der Waals surface area (Å²) in [4.78, 5) is 13.7. The van der Waals surface area contributed by atoms with Gasteiger partial charge in [-0.3, -0.25) is 0 Å². The molecule has 0 amide bonds. The Balaban J connectivity index is 1.63. The molecular weight excluding hydrogens is 364 g/mol. The van der Waals surface area contributed by atoms with Gasteiger partial charge >= 0.3 is 5.97 Å². The molecule has 2 heterocycles. The Morgan fingerprint density at radius 3 is 2.55 bits per heavy atom. The molecule has 2 N–H and O–H groups in total. The van der Waals surface area contributed by atoms with Crippen molar-refractivity contribution in [3.05, 3.63) is 59.2 Å². The summed E-state index contributed by atoms with van der Waals surface area (Å²) in [5, 5.41) is 13.0. The molecule has 3 atom stereocenters. The molecule has 5 heteroatoms. The highest BCUT2D eigenvalue weighted by atomic mass is 16.5. The molecule has 1 fully saturated rings. The van der Waals surface area contributed by atoms with Crippen molar-refractivity contribution in [3.8, 4) is 0 Å². The SMILES string of the molecule is CC1CN(c2cccc(C3Nc4ccc(C(=O)O)cc4CC3(C)C)c2)CC(C)O1. The Hall–Kier alpha value is -2.53. The first kappa shape index (κ1) is 19.8. The first-order valence-corrected chi connectivity index (χ1v) is 10.4. The Kier molecular flexibility index (Phi) is 5.03. The molecule has 0 aromatic heterocycles. The average molecular weight is 395 g/mol. The van der Waals surface area contributed by atoms with E-state index in [0.29, 0.717) is 5.56 Å². The number of fused-ring (bicyclic) bond motifs is 1. The van der Waals surface area contributed by atoms with E-state index in [1.165, 1.54) is 11.3 Å². The van der Waals surface area contributed by atoms with Gasteiger partial charge in [-0.25, -0.2) is 4.79 Å². The van der Waals surface area contributed by atoms with Crippen LogP contribution < -0.4 is 10.2 Å². The van der Waals surface area contributed by atoms with Crippen molar-refractivity contribution in [1.29, 1.82) is 0 Å². The monoisotopic (exact) mass is 394 g/mol. The predicted molar refractivity (Wildman–Crippen MR) is 116 cm³/mol. The van der Waals surface area contributed by atoms with E-state index in [-0.39, 0.29) is 23.7 Å². The van der Waals surface area contributed by atoms with Gasteiger partial charge in [-0.05, 0) is 67.1 Å². The van der Waals surface area contributed by atoms with Crippen molar-refractivity contribution in [2.75, 3.05) is 23.3 Å². The van der Waals surface area contributed by atoms with Crippen molar-refractivity contribution in [3.63, 3.8) is 0 Å². The molecule has 0 saturated carbocycles. The van der Waals surface area contributed by atoms with Crippen molar-refractivity contribution in [2.45, 2.75) is 52.4 Å². The lowest BCUT2D eigenvalue weighted by Crippen LogP contribution is -2.45. The van der Waals surface area contributed by atoms with E-state index in [1.807, 2.05) is 6.07 Å². The van der Waals surface area contributed by atoms with E-state index < -0.39 is 5.97 Å². The van der Waals surface area contributed by atoms with Gasteiger partial charge in [-0.1, -0.05) is 26.0 Å². The third-order valence-electron chi connectivity index (χ3n) is 6.07. The Labute approximate surface area is 172 Å². The quantitative estimate of drug-likeness (QED) is 0.788. The second kappa shape index (κ2) is 7.38. The second-order valence-electron chi connectivity index (χ2n) is 9.18. The number of carbonyl (C=O) groups is 1. The number of nitrogens with one attached hydrogen (secondary N) is 1. The number of hydrogen-bond acceptors (Lipinski definition) is 4. The molecule has 2 aromatic rings. The highest BCUT2D eigenvalue weighted by Gasteiger charge is 2.36. The number of morpholine rings is 1. The van der Waals surface area contributed by atoms with Crippen LogP contribution in [0.15, 0.2) is 42.5 Å². The lowest BCUT2D eigenvalue weighted by molar-refractivity contribution is -0.00522. The summed E-state index contributed by atoms with van der Waals surface area (Å²) in [7, 11) is 0. The number of anilines is 2. The molecule has 0 radical (unpaired) electrons. The molecule has 2 aliphatic heterocycles. The zero-order chi connectivity index (χ0) is 20.8. The van der Waals surface area contributed by atoms with Gasteiger partial charge in [0.2, 0.25) is 0 Å². The average Bonchev–Trinajstić information content (AvgIpc) is 2.65. The third kappa shape index (κ3) is 3.97. The fourth-order valence-electron chi connectivity index (χ4n) is 4.78. The smallest absolute Gasteiger partial charge is 0.335 e. The number of carboxylic acids is 1. The normalized spacial score (nSPS) is 25.8. The van der Waals surface area contributed by atoms with E-state index >= 15 is 0 Å². The maximum atomic E-state index is 11.3. The van der Waals surface area contributed by atoms with Gasteiger partial charge in [0.15, 0.2) is 0 Å². The molecule has 2 aromatic carbocycles. The van der Waals surface area contributed by atoms with Crippen molar-refractivity contribution < 1.29 is 14.6 Å². The van der Waals surface area contributed by atoms with Crippen LogP contribution in [0.25, 0.3) is 0 Å².